The molecule has 7 heteroatoms. The molecule has 0 aliphatic heterocycles. The van der Waals surface area contributed by atoms with Gasteiger partial charge in [0, 0.05) is 19.1 Å². The molecule has 0 spiro atoms. The molecule has 3 N–H and O–H groups in total. The van der Waals surface area contributed by atoms with E-state index in [4.69, 9.17) is 0 Å². The van der Waals surface area contributed by atoms with Crippen LogP contribution in [0.5, 0.6) is 0 Å². The molecule has 1 saturated carbocycles. The summed E-state index contributed by atoms with van der Waals surface area (Å²) in [6.45, 7) is 6.45. The monoisotopic (exact) mass is 366 g/mol. The zero-order chi connectivity index (χ0) is 18.1. The molecular formula is C18H30N4O2S. The average molecular weight is 367 g/mol. The van der Waals surface area contributed by atoms with Gasteiger partial charge in [-0.15, -0.1) is 0 Å². The van der Waals surface area contributed by atoms with E-state index >= 15 is 0 Å². The van der Waals surface area contributed by atoms with Gasteiger partial charge in [-0.25, -0.2) is 18.1 Å². The number of rotatable bonds is 10. The molecule has 1 aromatic rings. The van der Waals surface area contributed by atoms with Crippen LogP contribution in [-0.4, -0.2) is 33.5 Å². The van der Waals surface area contributed by atoms with E-state index in [0.29, 0.717) is 11.4 Å². The lowest BCUT2D eigenvalue weighted by Gasteiger charge is -2.11. The lowest BCUT2D eigenvalue weighted by molar-refractivity contribution is 0.581. The number of nitrogens with one attached hydrogen (secondary N) is 3. The molecule has 1 aliphatic carbocycles. The van der Waals surface area contributed by atoms with E-state index in [1.807, 2.05) is 19.1 Å². The number of benzene rings is 1. The molecule has 0 amide bonds. The van der Waals surface area contributed by atoms with E-state index in [2.05, 4.69) is 27.3 Å². The van der Waals surface area contributed by atoms with Gasteiger partial charge in [-0.1, -0.05) is 31.9 Å². The number of hydrogen-bond acceptors (Lipinski definition) is 3. The molecule has 140 valence electrons. The lowest BCUT2D eigenvalue weighted by Crippen LogP contribution is -2.37. The van der Waals surface area contributed by atoms with Gasteiger partial charge in [-0.05, 0) is 43.9 Å². The molecule has 1 fully saturated rings. The molecular weight excluding hydrogens is 336 g/mol. The first-order chi connectivity index (χ1) is 12.0. The normalized spacial score (nSPS) is 15.2. The van der Waals surface area contributed by atoms with Crippen LogP contribution in [0.25, 0.3) is 0 Å². The van der Waals surface area contributed by atoms with Gasteiger partial charge in [-0.3, -0.25) is 0 Å². The van der Waals surface area contributed by atoms with Gasteiger partial charge in [0.25, 0.3) is 0 Å². The summed E-state index contributed by atoms with van der Waals surface area (Å²) in [7, 11) is -3.38. The highest BCUT2D eigenvalue weighted by Crippen LogP contribution is 2.22. The average Bonchev–Trinajstić information content (AvgIpc) is 3.40. The minimum Gasteiger partial charge on any atom is -0.357 e. The smallest absolute Gasteiger partial charge is 0.240 e. The number of aliphatic imine (C=N–C) groups is 1. The van der Waals surface area contributed by atoms with Crippen LogP contribution in [-0.2, 0) is 16.6 Å². The second-order valence-electron chi connectivity index (χ2n) is 6.37. The molecule has 2 rings (SSSR count). The van der Waals surface area contributed by atoms with E-state index in [-0.39, 0.29) is 6.04 Å². The summed E-state index contributed by atoms with van der Waals surface area (Å²) in [6.07, 6.45) is 5.40. The van der Waals surface area contributed by atoms with Crippen molar-refractivity contribution in [3.05, 3.63) is 29.8 Å². The summed E-state index contributed by atoms with van der Waals surface area (Å²) in [4.78, 5) is 4.88. The highest BCUT2D eigenvalue weighted by Gasteiger charge is 2.27. The minimum absolute atomic E-state index is 0.121. The van der Waals surface area contributed by atoms with Crippen molar-refractivity contribution < 1.29 is 8.42 Å². The Bertz CT molecular complexity index is 652. The fraction of sp³-hybridized carbons (Fsp3) is 0.611. The molecule has 0 unspecified atom stereocenters. The Labute approximate surface area is 151 Å². The van der Waals surface area contributed by atoms with Crippen LogP contribution in [0.4, 0.5) is 0 Å². The first kappa shape index (κ1) is 19.7. The molecule has 0 heterocycles. The third kappa shape index (κ3) is 7.04. The summed E-state index contributed by atoms with van der Waals surface area (Å²) < 4.78 is 27.0. The third-order valence-electron chi connectivity index (χ3n) is 3.97. The summed E-state index contributed by atoms with van der Waals surface area (Å²) >= 11 is 0. The number of sulfonamides is 1. The summed E-state index contributed by atoms with van der Waals surface area (Å²) in [5.74, 6) is 0.797. The Morgan fingerprint density at radius 3 is 2.44 bits per heavy atom. The van der Waals surface area contributed by atoms with Crippen molar-refractivity contribution in [2.24, 2.45) is 4.99 Å². The van der Waals surface area contributed by atoms with Crippen molar-refractivity contribution in [3.8, 4) is 0 Å². The van der Waals surface area contributed by atoms with Gasteiger partial charge < -0.3 is 10.6 Å². The van der Waals surface area contributed by atoms with Crippen LogP contribution >= 0.6 is 0 Å². The van der Waals surface area contributed by atoms with Crippen LogP contribution in [0.15, 0.2) is 34.2 Å². The summed E-state index contributed by atoms with van der Waals surface area (Å²) in [6, 6.07) is 7.07. The van der Waals surface area contributed by atoms with Gasteiger partial charge in [0.1, 0.15) is 0 Å². The Morgan fingerprint density at radius 1 is 1.12 bits per heavy atom. The van der Waals surface area contributed by atoms with Crippen molar-refractivity contribution in [1.29, 1.82) is 0 Å². The Kier molecular flexibility index (Phi) is 7.71. The minimum atomic E-state index is -3.38. The highest BCUT2D eigenvalue weighted by molar-refractivity contribution is 7.89. The Morgan fingerprint density at radius 2 is 1.84 bits per heavy atom. The largest absolute Gasteiger partial charge is 0.357 e. The van der Waals surface area contributed by atoms with Crippen molar-refractivity contribution in [2.45, 2.75) is 63.4 Å². The number of hydrogen-bond donors (Lipinski definition) is 3. The predicted molar refractivity (Wildman–Crippen MR) is 102 cm³/mol. The number of unbranched alkanes of at least 4 members (excludes halogenated alkanes) is 2. The van der Waals surface area contributed by atoms with Gasteiger partial charge in [0.15, 0.2) is 5.96 Å². The maximum Gasteiger partial charge on any atom is 0.240 e. The summed E-state index contributed by atoms with van der Waals surface area (Å²) in [5, 5.41) is 6.55. The zero-order valence-electron chi connectivity index (χ0n) is 15.2. The van der Waals surface area contributed by atoms with Crippen LogP contribution in [0.1, 0.15) is 51.5 Å². The second-order valence-corrected chi connectivity index (χ2v) is 8.08. The molecule has 0 atom stereocenters. The fourth-order valence-electron chi connectivity index (χ4n) is 2.36. The van der Waals surface area contributed by atoms with Crippen LogP contribution < -0.4 is 15.4 Å². The Balaban J connectivity index is 1.91. The topological polar surface area (TPSA) is 82.6 Å². The molecule has 0 radical (unpaired) electrons. The second kappa shape index (κ2) is 9.77. The van der Waals surface area contributed by atoms with E-state index in [1.54, 1.807) is 12.1 Å². The lowest BCUT2D eigenvalue weighted by atomic mass is 10.2. The van der Waals surface area contributed by atoms with Crippen molar-refractivity contribution in [3.63, 3.8) is 0 Å². The van der Waals surface area contributed by atoms with Crippen LogP contribution in [0, 0.1) is 0 Å². The number of nitrogens with zero attached hydrogens (tertiary/aromatic N) is 1. The standard InChI is InChI=1S/C18H30N4O2S/c1-3-5-6-13-20-18(19-4-2)21-14-15-7-11-17(12-8-15)25(23,24)22-16-9-10-16/h7-8,11-12,16,22H,3-6,9-10,13-14H2,1-2H3,(H2,19,20,21). The van der Waals surface area contributed by atoms with Crippen molar-refractivity contribution in [1.82, 2.24) is 15.4 Å². The molecule has 1 aliphatic rings. The molecule has 25 heavy (non-hydrogen) atoms. The molecule has 1 aromatic carbocycles. The fourth-order valence-corrected chi connectivity index (χ4v) is 3.66. The first-order valence-corrected chi connectivity index (χ1v) is 10.7. The SMILES string of the molecule is CCCCCNC(=NCc1ccc(S(=O)(=O)NC2CC2)cc1)NCC. The van der Waals surface area contributed by atoms with Crippen LogP contribution in [0.2, 0.25) is 0 Å². The molecule has 0 saturated heterocycles. The quantitative estimate of drug-likeness (QED) is 0.337. The maximum atomic E-state index is 12.2. The summed E-state index contributed by atoms with van der Waals surface area (Å²) in [5.41, 5.74) is 0.983. The zero-order valence-corrected chi connectivity index (χ0v) is 16.0. The van der Waals surface area contributed by atoms with Crippen LogP contribution in [0.3, 0.4) is 0 Å². The maximum absolute atomic E-state index is 12.2. The first-order valence-electron chi connectivity index (χ1n) is 9.18. The number of guanidine groups is 1. The van der Waals surface area contributed by atoms with Crippen molar-refractivity contribution >= 4 is 16.0 Å². The third-order valence-corrected chi connectivity index (χ3v) is 5.51. The molecule has 0 bridgehead atoms. The molecule has 6 nitrogen and oxygen atoms in total. The molecule has 0 aromatic heterocycles. The van der Waals surface area contributed by atoms with Gasteiger partial charge in [-0.2, -0.15) is 0 Å². The van der Waals surface area contributed by atoms with E-state index in [9.17, 15) is 8.42 Å². The van der Waals surface area contributed by atoms with E-state index in [0.717, 1.165) is 43.9 Å². The Hall–Kier alpha value is -1.60. The highest BCUT2D eigenvalue weighted by atomic mass is 32.2. The predicted octanol–water partition coefficient (Wildman–Crippen LogP) is 2.37. The van der Waals surface area contributed by atoms with Crippen molar-refractivity contribution in [2.75, 3.05) is 13.1 Å². The van der Waals surface area contributed by atoms with Gasteiger partial charge in [0.05, 0.1) is 11.4 Å². The van der Waals surface area contributed by atoms with Gasteiger partial charge >= 0.3 is 0 Å². The van der Waals surface area contributed by atoms with E-state index < -0.39 is 10.0 Å². The van der Waals surface area contributed by atoms with E-state index in [1.165, 1.54) is 12.8 Å². The van der Waals surface area contributed by atoms with Gasteiger partial charge in [0.2, 0.25) is 10.0 Å².